The number of benzene rings is 2. The molecule has 0 amide bonds. The minimum Gasteiger partial charge on any atom is -0.493 e. The molecule has 1 unspecified atom stereocenters. The molecule has 0 saturated carbocycles. The van der Waals surface area contributed by atoms with Crippen LogP contribution in [0.1, 0.15) is 24.3 Å². The van der Waals surface area contributed by atoms with Crippen LogP contribution < -0.4 is 20.6 Å². The third kappa shape index (κ3) is 5.75. The van der Waals surface area contributed by atoms with Gasteiger partial charge in [0, 0.05) is 18.7 Å². The second kappa shape index (κ2) is 10.2. The van der Waals surface area contributed by atoms with E-state index in [1.165, 1.54) is 39.5 Å². The maximum absolute atomic E-state index is 14.5. The van der Waals surface area contributed by atoms with Gasteiger partial charge in [-0.15, -0.1) is 12.4 Å². The van der Waals surface area contributed by atoms with Crippen LogP contribution in [-0.2, 0) is 9.53 Å². The number of nitrogens with one attached hydrogen (secondary N) is 1. The van der Waals surface area contributed by atoms with E-state index in [9.17, 15) is 9.18 Å². The second-order valence-corrected chi connectivity index (χ2v) is 5.26. The van der Waals surface area contributed by atoms with Gasteiger partial charge in [-0.3, -0.25) is 4.79 Å². The summed E-state index contributed by atoms with van der Waals surface area (Å²) in [6.45, 7) is 1.24. The van der Waals surface area contributed by atoms with Gasteiger partial charge in [0.15, 0.2) is 11.5 Å². The van der Waals surface area contributed by atoms with Crippen LogP contribution in [0.2, 0.25) is 0 Å². The van der Waals surface area contributed by atoms with Crippen LogP contribution in [0.25, 0.3) is 0 Å². The van der Waals surface area contributed by atoms with Gasteiger partial charge in [-0.25, -0.2) is 4.39 Å². The Morgan fingerprint density at radius 1 is 1.19 bits per heavy atom. The highest BCUT2D eigenvalue weighted by atomic mass is 35.5. The number of anilines is 1. The van der Waals surface area contributed by atoms with Gasteiger partial charge in [0.05, 0.1) is 26.0 Å². The van der Waals surface area contributed by atoms with Gasteiger partial charge in [0.1, 0.15) is 5.82 Å². The van der Waals surface area contributed by atoms with Gasteiger partial charge in [-0.2, -0.15) is 5.10 Å². The highest BCUT2D eigenvalue weighted by Gasteiger charge is 2.22. The van der Waals surface area contributed by atoms with E-state index in [0.29, 0.717) is 11.4 Å². The number of halogens is 2. The molecule has 0 spiro atoms. The molecule has 0 radical (unpaired) electrons. The average molecular weight is 398 g/mol. The van der Waals surface area contributed by atoms with Crippen molar-refractivity contribution in [2.45, 2.75) is 13.2 Å². The molecule has 27 heavy (non-hydrogen) atoms. The van der Waals surface area contributed by atoms with Gasteiger partial charge in [0.2, 0.25) is 6.23 Å². The molecule has 0 aliphatic rings. The lowest BCUT2D eigenvalue weighted by Crippen LogP contribution is -2.19. The number of hydrazone groups is 1. The average Bonchev–Trinajstić information content (AvgIpc) is 2.62. The summed E-state index contributed by atoms with van der Waals surface area (Å²) in [7, 11) is 2.84. The Bertz CT molecular complexity index is 800. The van der Waals surface area contributed by atoms with Crippen molar-refractivity contribution in [1.29, 1.82) is 0 Å². The van der Waals surface area contributed by atoms with Gasteiger partial charge in [-0.05, 0) is 23.8 Å². The van der Waals surface area contributed by atoms with Crippen LogP contribution in [0.5, 0.6) is 11.5 Å². The number of rotatable bonds is 7. The van der Waals surface area contributed by atoms with Crippen molar-refractivity contribution in [1.82, 2.24) is 0 Å². The lowest BCUT2D eigenvalue weighted by atomic mass is 10.1. The summed E-state index contributed by atoms with van der Waals surface area (Å²) in [6.07, 6.45) is 0.433. The van der Waals surface area contributed by atoms with Crippen molar-refractivity contribution in [3.63, 3.8) is 0 Å². The molecule has 7 nitrogen and oxygen atoms in total. The first-order valence-corrected chi connectivity index (χ1v) is 7.67. The molecule has 9 heteroatoms. The highest BCUT2D eigenvalue weighted by molar-refractivity contribution is 5.85. The predicted octanol–water partition coefficient (Wildman–Crippen LogP) is 3.23. The van der Waals surface area contributed by atoms with Crippen molar-refractivity contribution in [2.75, 3.05) is 19.5 Å². The largest absolute Gasteiger partial charge is 0.493 e. The number of ether oxygens (including phenoxy) is 3. The van der Waals surface area contributed by atoms with Crippen molar-refractivity contribution < 1.29 is 23.4 Å². The first-order chi connectivity index (χ1) is 12.5. The molecule has 0 aliphatic carbocycles. The fraction of sp³-hybridized carbons (Fsp3) is 0.222. The molecule has 0 aliphatic heterocycles. The lowest BCUT2D eigenvalue weighted by molar-refractivity contribution is -0.145. The van der Waals surface area contributed by atoms with Gasteiger partial charge in [-0.1, -0.05) is 12.1 Å². The van der Waals surface area contributed by atoms with Gasteiger partial charge < -0.3 is 25.4 Å². The molecular formula is C18H21ClFN3O4. The number of hydrogen-bond donors (Lipinski definition) is 2. The number of hydrogen-bond acceptors (Lipinski definition) is 7. The van der Waals surface area contributed by atoms with E-state index in [2.05, 4.69) is 10.4 Å². The molecule has 146 valence electrons. The van der Waals surface area contributed by atoms with Gasteiger partial charge in [0.25, 0.3) is 0 Å². The van der Waals surface area contributed by atoms with Gasteiger partial charge >= 0.3 is 5.97 Å². The Kier molecular flexibility index (Phi) is 8.34. The van der Waals surface area contributed by atoms with E-state index in [-0.39, 0.29) is 23.7 Å². The lowest BCUT2D eigenvalue weighted by Gasteiger charge is -2.22. The minimum absolute atomic E-state index is 0. The van der Waals surface area contributed by atoms with E-state index in [1.54, 1.807) is 24.3 Å². The van der Waals surface area contributed by atoms with Crippen molar-refractivity contribution in [3.05, 3.63) is 53.3 Å². The Hall–Kier alpha value is -3.00. The summed E-state index contributed by atoms with van der Waals surface area (Å²) < 4.78 is 30.0. The van der Waals surface area contributed by atoms with E-state index in [1.807, 2.05) is 0 Å². The molecule has 2 rings (SSSR count). The fourth-order valence-electron chi connectivity index (χ4n) is 2.31. The summed E-state index contributed by atoms with van der Waals surface area (Å²) in [5.74, 6) is 4.49. The first kappa shape index (κ1) is 22.0. The monoisotopic (exact) mass is 397 g/mol. The predicted molar refractivity (Wildman–Crippen MR) is 103 cm³/mol. The summed E-state index contributed by atoms with van der Waals surface area (Å²) >= 11 is 0. The van der Waals surface area contributed by atoms with Crippen LogP contribution in [0.3, 0.4) is 0 Å². The third-order valence-corrected chi connectivity index (χ3v) is 3.50. The van der Waals surface area contributed by atoms with Crippen LogP contribution in [-0.4, -0.2) is 26.4 Å². The van der Waals surface area contributed by atoms with Crippen LogP contribution >= 0.6 is 12.4 Å². The van der Waals surface area contributed by atoms with Crippen LogP contribution in [0, 0.1) is 5.82 Å². The molecule has 2 aromatic carbocycles. The molecule has 0 fully saturated rings. The normalized spacial score (nSPS) is 11.4. The van der Waals surface area contributed by atoms with Crippen molar-refractivity contribution in [3.8, 4) is 11.5 Å². The zero-order valence-corrected chi connectivity index (χ0v) is 15.9. The number of methoxy groups -OCH3 is 2. The van der Waals surface area contributed by atoms with E-state index < -0.39 is 18.0 Å². The summed E-state index contributed by atoms with van der Waals surface area (Å²) in [4.78, 5) is 11.5. The number of nitrogens with zero attached hydrogens (tertiary/aromatic N) is 1. The Labute approximate surface area is 162 Å². The quantitative estimate of drug-likeness (QED) is 0.245. The van der Waals surface area contributed by atoms with Crippen LogP contribution in [0.15, 0.2) is 41.5 Å². The highest BCUT2D eigenvalue weighted by Crippen LogP contribution is 2.34. The van der Waals surface area contributed by atoms with E-state index in [0.717, 1.165) is 5.56 Å². The molecule has 1 atom stereocenters. The number of carbonyl (C=O) groups is 1. The van der Waals surface area contributed by atoms with E-state index in [4.69, 9.17) is 20.1 Å². The topological polar surface area (TPSA) is 95.2 Å². The molecule has 2 aromatic rings. The molecule has 0 heterocycles. The summed E-state index contributed by atoms with van der Waals surface area (Å²) in [5, 5.41) is 6.41. The number of nitrogens with two attached hydrogens (primary N) is 1. The van der Waals surface area contributed by atoms with Crippen molar-refractivity contribution >= 4 is 30.3 Å². The maximum atomic E-state index is 14.5. The zero-order valence-electron chi connectivity index (χ0n) is 15.1. The smallest absolute Gasteiger partial charge is 0.304 e. The minimum atomic E-state index is -1.05. The summed E-state index contributed by atoms with van der Waals surface area (Å²) in [5.41, 5.74) is 1.50. The van der Waals surface area contributed by atoms with E-state index >= 15 is 0 Å². The Balaban J connectivity index is 0.00000364. The first-order valence-electron chi connectivity index (χ1n) is 7.67. The van der Waals surface area contributed by atoms with Crippen molar-refractivity contribution in [2.24, 2.45) is 10.9 Å². The zero-order chi connectivity index (χ0) is 19.1. The maximum Gasteiger partial charge on any atom is 0.304 e. The Morgan fingerprint density at radius 2 is 1.78 bits per heavy atom. The molecule has 0 aromatic heterocycles. The molecule has 0 bridgehead atoms. The number of carbonyl (C=O) groups excluding carboxylic acids is 1. The second-order valence-electron chi connectivity index (χ2n) is 5.26. The molecular weight excluding hydrogens is 377 g/mol. The number of esters is 1. The Morgan fingerprint density at radius 3 is 2.30 bits per heavy atom. The van der Waals surface area contributed by atoms with Crippen LogP contribution in [0.4, 0.5) is 10.1 Å². The third-order valence-electron chi connectivity index (χ3n) is 3.50. The summed E-state index contributed by atoms with van der Waals surface area (Å²) in [6, 6.07) is 9.57. The standard InChI is InChI=1S/C18H20FN3O4.ClH/c1-11(23)26-18(22-13-6-4-12(5-7-13)10-21-20)14-8-16(24-2)17(25-3)9-15(14)19;/h4-10,18,22H,20H2,1-3H3;1H. The SMILES string of the molecule is COc1cc(F)c(C(Nc2ccc(C=NN)cc2)OC(C)=O)cc1OC.Cl. The fourth-order valence-corrected chi connectivity index (χ4v) is 2.31. The molecule has 0 saturated heterocycles. The molecule has 3 N–H and O–H groups in total.